The van der Waals surface area contributed by atoms with Crippen LogP contribution in [0, 0.1) is 0 Å². The minimum Gasteiger partial charge on any atom is -0.376 e. The van der Waals surface area contributed by atoms with Crippen LogP contribution in [0.4, 0.5) is 0 Å². The van der Waals surface area contributed by atoms with E-state index in [9.17, 15) is 0 Å². The maximum Gasteiger partial charge on any atom is 0.202 e. The van der Waals surface area contributed by atoms with E-state index in [4.69, 9.17) is 22.4 Å². The van der Waals surface area contributed by atoms with E-state index in [2.05, 4.69) is 4.99 Å². The van der Waals surface area contributed by atoms with Crippen LogP contribution in [0.3, 0.4) is 0 Å². The SMILES string of the molecule is CC(N)CCN(C)C(=N/C=C/Cl)N(C)CO. The van der Waals surface area contributed by atoms with Gasteiger partial charge in [0.15, 0.2) is 0 Å². The van der Waals surface area contributed by atoms with Crippen molar-refractivity contribution in [1.82, 2.24) is 9.80 Å². The molecule has 16 heavy (non-hydrogen) atoms. The molecule has 0 aromatic carbocycles. The Morgan fingerprint density at radius 2 is 2.12 bits per heavy atom. The summed E-state index contributed by atoms with van der Waals surface area (Å²) >= 11 is 5.42. The van der Waals surface area contributed by atoms with Crippen molar-refractivity contribution in [3.05, 3.63) is 11.7 Å². The topological polar surface area (TPSA) is 65.1 Å². The summed E-state index contributed by atoms with van der Waals surface area (Å²) in [5.41, 5.74) is 7.01. The van der Waals surface area contributed by atoms with Crippen molar-refractivity contribution in [3.63, 3.8) is 0 Å². The molecule has 0 aliphatic heterocycles. The van der Waals surface area contributed by atoms with Crippen molar-refractivity contribution in [1.29, 1.82) is 0 Å². The van der Waals surface area contributed by atoms with Crippen molar-refractivity contribution in [3.8, 4) is 0 Å². The van der Waals surface area contributed by atoms with Crippen molar-refractivity contribution in [2.24, 2.45) is 10.7 Å². The fourth-order valence-corrected chi connectivity index (χ4v) is 1.20. The first-order chi connectivity index (χ1) is 7.52. The highest BCUT2D eigenvalue weighted by Crippen LogP contribution is 1.98. The molecule has 0 bridgehead atoms. The van der Waals surface area contributed by atoms with Gasteiger partial charge in [0.1, 0.15) is 6.73 Å². The normalized spacial score (nSPS) is 14.2. The molecule has 0 amide bonds. The fourth-order valence-electron chi connectivity index (χ4n) is 1.14. The predicted octanol–water partition coefficient (Wildman–Crippen LogP) is 0.603. The van der Waals surface area contributed by atoms with Crippen LogP contribution in [0.25, 0.3) is 0 Å². The Bertz CT molecular complexity index is 243. The molecular formula is C10H21ClN4O. The second kappa shape index (κ2) is 8.38. The van der Waals surface area contributed by atoms with E-state index in [-0.39, 0.29) is 12.8 Å². The molecule has 0 heterocycles. The predicted molar refractivity (Wildman–Crippen MR) is 68.2 cm³/mol. The van der Waals surface area contributed by atoms with Gasteiger partial charge in [-0.2, -0.15) is 0 Å². The van der Waals surface area contributed by atoms with Crippen LogP contribution in [0.15, 0.2) is 16.7 Å². The first kappa shape index (κ1) is 15.2. The highest BCUT2D eigenvalue weighted by atomic mass is 35.5. The Kier molecular flexibility index (Phi) is 7.97. The number of hydrogen-bond donors (Lipinski definition) is 2. The quantitative estimate of drug-likeness (QED) is 0.425. The lowest BCUT2D eigenvalue weighted by atomic mass is 10.2. The van der Waals surface area contributed by atoms with Crippen molar-refractivity contribution in [2.45, 2.75) is 19.4 Å². The zero-order valence-electron chi connectivity index (χ0n) is 10.1. The lowest BCUT2D eigenvalue weighted by Crippen LogP contribution is -2.42. The van der Waals surface area contributed by atoms with E-state index in [0.717, 1.165) is 13.0 Å². The summed E-state index contributed by atoms with van der Waals surface area (Å²) < 4.78 is 0. The number of hydrogen-bond acceptors (Lipinski definition) is 3. The lowest BCUT2D eigenvalue weighted by molar-refractivity contribution is 0.177. The van der Waals surface area contributed by atoms with E-state index in [1.807, 2.05) is 18.9 Å². The number of halogens is 1. The van der Waals surface area contributed by atoms with Crippen LogP contribution in [0.2, 0.25) is 0 Å². The number of nitrogens with two attached hydrogens (primary N) is 1. The van der Waals surface area contributed by atoms with Crippen LogP contribution in [-0.4, -0.2) is 54.3 Å². The molecule has 0 aromatic heterocycles. The lowest BCUT2D eigenvalue weighted by Gasteiger charge is -2.27. The molecule has 0 radical (unpaired) electrons. The maximum absolute atomic E-state index is 9.07. The van der Waals surface area contributed by atoms with Gasteiger partial charge in [0.2, 0.25) is 5.96 Å². The molecule has 1 atom stereocenters. The van der Waals surface area contributed by atoms with Crippen LogP contribution >= 0.6 is 11.6 Å². The van der Waals surface area contributed by atoms with E-state index < -0.39 is 0 Å². The number of aliphatic imine (C=N–C) groups is 1. The average Bonchev–Trinajstić information content (AvgIpc) is 2.26. The summed E-state index contributed by atoms with van der Waals surface area (Å²) in [6.45, 7) is 2.63. The zero-order chi connectivity index (χ0) is 12.6. The Morgan fingerprint density at radius 1 is 1.50 bits per heavy atom. The summed E-state index contributed by atoms with van der Waals surface area (Å²) in [4.78, 5) is 7.70. The molecule has 3 N–H and O–H groups in total. The molecule has 5 nitrogen and oxygen atoms in total. The Labute approximate surface area is 102 Å². The largest absolute Gasteiger partial charge is 0.376 e. The summed E-state index contributed by atoms with van der Waals surface area (Å²) in [7, 11) is 3.65. The highest BCUT2D eigenvalue weighted by molar-refractivity contribution is 6.25. The van der Waals surface area contributed by atoms with Gasteiger partial charge in [0.05, 0.1) is 0 Å². The van der Waals surface area contributed by atoms with Gasteiger partial charge in [-0.3, -0.25) is 0 Å². The van der Waals surface area contributed by atoms with Crippen molar-refractivity contribution < 1.29 is 5.11 Å². The molecule has 1 unspecified atom stereocenters. The molecule has 0 spiro atoms. The minimum absolute atomic E-state index is 0.0997. The van der Waals surface area contributed by atoms with E-state index >= 15 is 0 Å². The highest BCUT2D eigenvalue weighted by Gasteiger charge is 2.10. The molecule has 94 valence electrons. The molecule has 0 fully saturated rings. The third-order valence-corrected chi connectivity index (χ3v) is 2.17. The number of nitrogens with zero attached hydrogens (tertiary/aromatic N) is 3. The first-order valence-electron chi connectivity index (χ1n) is 5.14. The van der Waals surface area contributed by atoms with Gasteiger partial charge in [0, 0.05) is 38.4 Å². The third-order valence-electron chi connectivity index (χ3n) is 2.06. The van der Waals surface area contributed by atoms with Gasteiger partial charge < -0.3 is 20.6 Å². The summed E-state index contributed by atoms with van der Waals surface area (Å²) in [5, 5.41) is 9.07. The molecule has 0 aromatic rings. The van der Waals surface area contributed by atoms with Gasteiger partial charge in [0.25, 0.3) is 0 Å². The molecule has 0 aliphatic carbocycles. The third kappa shape index (κ3) is 5.95. The van der Waals surface area contributed by atoms with Gasteiger partial charge >= 0.3 is 0 Å². The minimum atomic E-state index is -0.0997. The maximum atomic E-state index is 9.07. The summed E-state index contributed by atoms with van der Waals surface area (Å²) in [5.74, 6) is 0.653. The molecule has 0 saturated heterocycles. The van der Waals surface area contributed by atoms with Crippen molar-refractivity contribution in [2.75, 3.05) is 27.4 Å². The molecule has 0 saturated carbocycles. The molecule has 0 rings (SSSR count). The van der Waals surface area contributed by atoms with Gasteiger partial charge in [-0.15, -0.1) is 0 Å². The van der Waals surface area contributed by atoms with Gasteiger partial charge in [-0.05, 0) is 13.3 Å². The van der Waals surface area contributed by atoms with Crippen LogP contribution < -0.4 is 5.73 Å². The monoisotopic (exact) mass is 248 g/mol. The van der Waals surface area contributed by atoms with Crippen LogP contribution in [-0.2, 0) is 0 Å². The van der Waals surface area contributed by atoms with E-state index in [0.29, 0.717) is 5.96 Å². The number of aliphatic hydroxyl groups is 1. The number of aliphatic hydroxyl groups excluding tert-OH is 1. The van der Waals surface area contributed by atoms with Gasteiger partial charge in [-0.25, -0.2) is 4.99 Å². The molecule has 6 heteroatoms. The number of guanidine groups is 1. The van der Waals surface area contributed by atoms with Crippen LogP contribution in [0.1, 0.15) is 13.3 Å². The van der Waals surface area contributed by atoms with Crippen molar-refractivity contribution >= 4 is 17.6 Å². The Hall–Kier alpha value is -0.780. The average molecular weight is 249 g/mol. The molecule has 0 aliphatic rings. The fraction of sp³-hybridized carbons (Fsp3) is 0.700. The summed E-state index contributed by atoms with van der Waals surface area (Å²) in [6.07, 6.45) is 2.34. The first-order valence-corrected chi connectivity index (χ1v) is 5.58. The van der Waals surface area contributed by atoms with E-state index in [1.165, 1.54) is 11.7 Å². The van der Waals surface area contributed by atoms with Crippen LogP contribution in [0.5, 0.6) is 0 Å². The Balaban J connectivity index is 4.50. The second-order valence-corrected chi connectivity index (χ2v) is 3.98. The van der Waals surface area contributed by atoms with E-state index in [1.54, 1.807) is 11.9 Å². The molecular weight excluding hydrogens is 228 g/mol. The standard InChI is InChI=1S/C10H21ClN4O/c1-9(12)4-7-14(2)10(13-6-5-11)15(3)8-16/h5-6,9,16H,4,7-8,12H2,1-3H3/b6-5+,13-10?. The summed E-state index contributed by atoms with van der Waals surface area (Å²) in [6, 6.07) is 0.145. The second-order valence-electron chi connectivity index (χ2n) is 3.73. The van der Waals surface area contributed by atoms with Gasteiger partial charge in [-0.1, -0.05) is 11.6 Å². The number of rotatable bonds is 5. The Morgan fingerprint density at radius 3 is 2.56 bits per heavy atom. The smallest absolute Gasteiger partial charge is 0.202 e. The zero-order valence-corrected chi connectivity index (χ0v) is 10.9.